The number of aryl methyl sites for hydroxylation is 1. The minimum atomic E-state index is -0.412. The summed E-state index contributed by atoms with van der Waals surface area (Å²) in [5.41, 5.74) is 3.92. The highest BCUT2D eigenvalue weighted by molar-refractivity contribution is 7.18. The topological polar surface area (TPSA) is 45.2 Å². The summed E-state index contributed by atoms with van der Waals surface area (Å²) in [5.74, 6) is -0.0522. The molecular formula is C24H23N3OS. The van der Waals surface area contributed by atoms with Gasteiger partial charge in [-0.3, -0.25) is 9.69 Å². The number of nitrogens with one attached hydrogen (secondary N) is 1. The number of thiazole rings is 1. The van der Waals surface area contributed by atoms with Gasteiger partial charge in [-0.25, -0.2) is 4.98 Å². The lowest BCUT2D eigenvalue weighted by Gasteiger charge is -2.27. The first-order valence-corrected chi connectivity index (χ1v) is 10.4. The molecule has 0 aliphatic carbocycles. The summed E-state index contributed by atoms with van der Waals surface area (Å²) in [6.45, 7) is 2.63. The van der Waals surface area contributed by atoms with E-state index in [1.54, 1.807) is 11.3 Å². The predicted octanol–water partition coefficient (Wildman–Crippen LogP) is 5.42. The minimum Gasteiger partial charge on any atom is -0.324 e. The van der Waals surface area contributed by atoms with Crippen molar-refractivity contribution in [1.29, 1.82) is 0 Å². The van der Waals surface area contributed by atoms with Crippen LogP contribution in [0.4, 0.5) is 5.69 Å². The normalized spacial score (nSPS) is 12.2. The fourth-order valence-electron chi connectivity index (χ4n) is 3.38. The van der Waals surface area contributed by atoms with Crippen LogP contribution in [0.1, 0.15) is 22.2 Å². The second-order valence-electron chi connectivity index (χ2n) is 7.16. The summed E-state index contributed by atoms with van der Waals surface area (Å²) < 4.78 is 1.16. The summed E-state index contributed by atoms with van der Waals surface area (Å²) in [6, 6.07) is 25.5. The van der Waals surface area contributed by atoms with Crippen LogP contribution in [0.25, 0.3) is 10.2 Å². The van der Waals surface area contributed by atoms with Crippen molar-refractivity contribution < 1.29 is 4.79 Å². The van der Waals surface area contributed by atoms with E-state index >= 15 is 0 Å². The van der Waals surface area contributed by atoms with Gasteiger partial charge in [-0.15, -0.1) is 11.3 Å². The second-order valence-corrected chi connectivity index (χ2v) is 8.27. The van der Waals surface area contributed by atoms with Crippen LogP contribution in [0.15, 0.2) is 78.9 Å². The van der Waals surface area contributed by atoms with Gasteiger partial charge in [-0.1, -0.05) is 60.2 Å². The molecule has 4 nitrogen and oxygen atoms in total. The molecule has 0 saturated heterocycles. The number of anilines is 1. The van der Waals surface area contributed by atoms with Gasteiger partial charge in [-0.05, 0) is 43.8 Å². The van der Waals surface area contributed by atoms with E-state index in [1.807, 2.05) is 86.8 Å². The zero-order chi connectivity index (χ0) is 20.2. The van der Waals surface area contributed by atoms with E-state index < -0.39 is 6.04 Å². The summed E-state index contributed by atoms with van der Waals surface area (Å²) in [7, 11) is 1.97. The van der Waals surface area contributed by atoms with Crippen molar-refractivity contribution in [3.05, 3.63) is 95.0 Å². The Hall–Kier alpha value is -3.02. The number of nitrogens with zero attached hydrogens (tertiary/aromatic N) is 2. The molecular weight excluding hydrogens is 378 g/mol. The van der Waals surface area contributed by atoms with Gasteiger partial charge in [0.1, 0.15) is 11.0 Å². The Balaban J connectivity index is 1.59. The van der Waals surface area contributed by atoms with Gasteiger partial charge < -0.3 is 5.32 Å². The lowest BCUT2D eigenvalue weighted by Crippen LogP contribution is -2.34. The van der Waals surface area contributed by atoms with Crippen molar-refractivity contribution in [1.82, 2.24) is 9.88 Å². The van der Waals surface area contributed by atoms with E-state index in [4.69, 9.17) is 4.98 Å². The smallest absolute Gasteiger partial charge is 0.246 e. The van der Waals surface area contributed by atoms with Crippen molar-refractivity contribution in [3.63, 3.8) is 0 Å². The molecule has 1 amide bonds. The molecule has 5 heteroatoms. The van der Waals surface area contributed by atoms with Crippen LogP contribution in [0, 0.1) is 6.92 Å². The van der Waals surface area contributed by atoms with E-state index in [9.17, 15) is 4.79 Å². The fourth-order valence-corrected chi connectivity index (χ4v) is 4.41. The molecule has 4 aromatic rings. The van der Waals surface area contributed by atoms with Gasteiger partial charge in [0.05, 0.1) is 16.8 Å². The van der Waals surface area contributed by atoms with Gasteiger partial charge in [-0.2, -0.15) is 0 Å². The van der Waals surface area contributed by atoms with Crippen molar-refractivity contribution >= 4 is 33.1 Å². The van der Waals surface area contributed by atoms with Gasteiger partial charge in [0.15, 0.2) is 0 Å². The molecule has 1 atom stereocenters. The van der Waals surface area contributed by atoms with Crippen LogP contribution in [0.3, 0.4) is 0 Å². The third kappa shape index (κ3) is 4.53. The molecule has 1 aromatic heterocycles. The van der Waals surface area contributed by atoms with Gasteiger partial charge in [0.25, 0.3) is 0 Å². The standard InChI is InChI=1S/C24H23N3OS/c1-17-12-14-19(15-13-17)25-24(28)23(18-8-4-3-5-9-18)27(2)16-22-26-20-10-6-7-11-21(20)29-22/h3-15,23H,16H2,1-2H3,(H,25,28). The van der Waals surface area contributed by atoms with Crippen LogP contribution < -0.4 is 5.32 Å². The maximum absolute atomic E-state index is 13.2. The molecule has 0 radical (unpaired) electrons. The molecule has 0 spiro atoms. The maximum Gasteiger partial charge on any atom is 0.246 e. The fraction of sp³-hybridized carbons (Fsp3) is 0.167. The number of rotatable bonds is 6. The first-order chi connectivity index (χ1) is 14.1. The number of para-hydroxylation sites is 1. The summed E-state index contributed by atoms with van der Waals surface area (Å²) in [4.78, 5) is 20.0. The van der Waals surface area contributed by atoms with Crippen LogP contribution in [0.2, 0.25) is 0 Å². The third-order valence-electron chi connectivity index (χ3n) is 4.85. The minimum absolute atomic E-state index is 0.0522. The molecule has 0 bridgehead atoms. The van der Waals surface area contributed by atoms with E-state index in [1.165, 1.54) is 0 Å². The molecule has 1 heterocycles. The number of likely N-dealkylation sites (N-methyl/N-ethyl adjacent to an activating group) is 1. The lowest BCUT2D eigenvalue weighted by molar-refractivity contribution is -0.121. The predicted molar refractivity (Wildman–Crippen MR) is 120 cm³/mol. The Labute approximate surface area is 174 Å². The summed E-state index contributed by atoms with van der Waals surface area (Å²) in [6.07, 6.45) is 0. The quantitative estimate of drug-likeness (QED) is 0.469. The van der Waals surface area contributed by atoms with Crippen LogP contribution in [0.5, 0.6) is 0 Å². The van der Waals surface area contributed by atoms with Crippen molar-refractivity contribution in [2.75, 3.05) is 12.4 Å². The average Bonchev–Trinajstić information content (AvgIpc) is 3.13. The van der Waals surface area contributed by atoms with Crippen molar-refractivity contribution in [3.8, 4) is 0 Å². The number of benzene rings is 3. The van der Waals surface area contributed by atoms with Crippen molar-refractivity contribution in [2.45, 2.75) is 19.5 Å². The van der Waals surface area contributed by atoms with Crippen molar-refractivity contribution in [2.24, 2.45) is 0 Å². The van der Waals surface area contributed by atoms with Gasteiger partial charge >= 0.3 is 0 Å². The van der Waals surface area contributed by atoms with E-state index in [-0.39, 0.29) is 5.91 Å². The summed E-state index contributed by atoms with van der Waals surface area (Å²) >= 11 is 1.67. The molecule has 0 saturated carbocycles. The molecule has 4 rings (SSSR count). The molecule has 0 aliphatic heterocycles. The van der Waals surface area contributed by atoms with Gasteiger partial charge in [0, 0.05) is 5.69 Å². The highest BCUT2D eigenvalue weighted by atomic mass is 32.1. The maximum atomic E-state index is 13.2. The largest absolute Gasteiger partial charge is 0.324 e. The molecule has 1 unspecified atom stereocenters. The van der Waals surface area contributed by atoms with E-state index in [2.05, 4.69) is 16.3 Å². The molecule has 0 aliphatic rings. The van der Waals surface area contributed by atoms with E-state index in [0.29, 0.717) is 6.54 Å². The summed E-state index contributed by atoms with van der Waals surface area (Å²) in [5, 5.41) is 4.06. The Bertz CT molecular complexity index is 1070. The number of carbonyl (C=O) groups is 1. The van der Waals surface area contributed by atoms with Gasteiger partial charge in [0.2, 0.25) is 5.91 Å². The lowest BCUT2D eigenvalue weighted by atomic mass is 10.0. The first-order valence-electron chi connectivity index (χ1n) is 9.57. The Morgan fingerprint density at radius 3 is 2.41 bits per heavy atom. The van der Waals surface area contributed by atoms with E-state index in [0.717, 1.165) is 32.0 Å². The highest BCUT2D eigenvalue weighted by Crippen LogP contribution is 2.27. The number of carbonyl (C=O) groups excluding carboxylic acids is 1. The Kier molecular flexibility index (Phi) is 5.69. The number of hydrogen-bond acceptors (Lipinski definition) is 4. The molecule has 1 N–H and O–H groups in total. The second kappa shape index (κ2) is 8.55. The van der Waals surface area contributed by atoms with Crippen LogP contribution in [-0.2, 0) is 11.3 Å². The molecule has 29 heavy (non-hydrogen) atoms. The number of amides is 1. The zero-order valence-corrected chi connectivity index (χ0v) is 17.3. The molecule has 146 valence electrons. The molecule has 0 fully saturated rings. The highest BCUT2D eigenvalue weighted by Gasteiger charge is 2.26. The number of hydrogen-bond donors (Lipinski definition) is 1. The first kappa shape index (κ1) is 19.3. The third-order valence-corrected chi connectivity index (χ3v) is 5.87. The Morgan fingerprint density at radius 1 is 1.00 bits per heavy atom. The SMILES string of the molecule is Cc1ccc(NC(=O)C(c2ccccc2)N(C)Cc2nc3ccccc3s2)cc1. The van der Waals surface area contributed by atoms with Crippen LogP contribution >= 0.6 is 11.3 Å². The van der Waals surface area contributed by atoms with Crippen LogP contribution in [-0.4, -0.2) is 22.8 Å². The monoisotopic (exact) mass is 401 g/mol. The Morgan fingerprint density at radius 2 is 1.69 bits per heavy atom. The number of fused-ring (bicyclic) bond motifs is 1. The average molecular weight is 402 g/mol. The number of aromatic nitrogens is 1. The zero-order valence-electron chi connectivity index (χ0n) is 16.5. The molecule has 3 aromatic carbocycles.